The highest BCUT2D eigenvalue weighted by molar-refractivity contribution is 7.82. The second-order valence-electron chi connectivity index (χ2n) is 14.8. The minimum absolute atomic E-state index is 0.0255. The first-order valence-corrected chi connectivity index (χ1v) is 44.0. The van der Waals surface area contributed by atoms with E-state index in [0.717, 1.165) is 15.2 Å². The van der Waals surface area contributed by atoms with Gasteiger partial charge in [0.1, 0.15) is 0 Å². The number of hydrogen-bond donors (Lipinski definition) is 0. The van der Waals surface area contributed by atoms with Gasteiger partial charge in [-0.2, -0.15) is 0 Å². The summed E-state index contributed by atoms with van der Waals surface area (Å²) in [6, 6.07) is 0. The summed E-state index contributed by atoms with van der Waals surface area (Å²) < 4.78 is 0. The molecule has 0 fully saturated rings. The molecule has 0 rings (SSSR count). The summed E-state index contributed by atoms with van der Waals surface area (Å²) in [5.41, 5.74) is 0. The van der Waals surface area contributed by atoms with Crippen LogP contribution in [-0.2, 0) is 0 Å². The van der Waals surface area contributed by atoms with Crippen molar-refractivity contribution in [1.29, 1.82) is 0 Å². The third kappa shape index (κ3) is 16.5. The largest absolute Gasteiger partial charge is 0.271 e. The summed E-state index contributed by atoms with van der Waals surface area (Å²) in [6.45, 7) is 47.0. The first kappa shape index (κ1) is 35.8. The molecule has 176 valence electrons. The Kier molecular flexibility index (Phi) is 15.6. The first-order chi connectivity index (χ1) is 12.1. The van der Waals surface area contributed by atoms with Gasteiger partial charge in [-0.15, -0.1) is 0 Å². The molecule has 0 spiro atoms. The van der Waals surface area contributed by atoms with E-state index in [1.165, 1.54) is 0 Å². The summed E-state index contributed by atoms with van der Waals surface area (Å²) in [5.74, 6) is 4.42. The highest BCUT2D eigenvalue weighted by atomic mass is 29.9. The van der Waals surface area contributed by atoms with Gasteiger partial charge in [0.15, 0.2) is 0 Å². The van der Waals surface area contributed by atoms with Gasteiger partial charge in [0.2, 0.25) is 0 Å². The Bertz CT molecular complexity index is 331. The lowest BCUT2D eigenvalue weighted by Crippen LogP contribution is -2.70. The van der Waals surface area contributed by atoms with Crippen LogP contribution in [0.5, 0.6) is 0 Å². The third-order valence-corrected chi connectivity index (χ3v) is 122. The van der Waals surface area contributed by atoms with Crippen molar-refractivity contribution in [2.24, 2.45) is 0 Å². The van der Waals surface area contributed by atoms with Crippen LogP contribution in [0.25, 0.3) is 0 Å². The molecule has 0 saturated heterocycles. The zero-order valence-corrected chi connectivity index (χ0v) is 33.7. The molecular formula is C20H60AlSi8-. The van der Waals surface area contributed by atoms with Crippen LogP contribution in [0.15, 0.2) is 0 Å². The molecule has 0 saturated carbocycles. The maximum atomic E-state index is 2.61. The number of hydrogen-bond acceptors (Lipinski definition) is 0. The molecule has 0 bridgehead atoms. The van der Waals surface area contributed by atoms with E-state index in [2.05, 4.69) is 129 Å². The van der Waals surface area contributed by atoms with Crippen molar-refractivity contribution < 1.29 is 0 Å². The fraction of sp³-hybridized carbons (Fsp3) is 1.00. The van der Waals surface area contributed by atoms with Crippen molar-refractivity contribution in [1.82, 2.24) is 0 Å². The normalized spacial score (nSPS) is 14.3. The van der Waals surface area contributed by atoms with Crippen LogP contribution in [0.3, 0.4) is 0 Å². The first-order valence-electron chi connectivity index (χ1n) is 11.7. The van der Waals surface area contributed by atoms with Crippen molar-refractivity contribution in [2.75, 3.05) is 0 Å². The molecule has 0 unspecified atom stereocenters. The van der Waals surface area contributed by atoms with E-state index >= 15 is 0 Å². The predicted octanol–water partition coefficient (Wildman–Crippen LogP) is 8.25. The average Bonchev–Trinajstić information content (AvgIpc) is 2.14. The molecule has 29 heavy (non-hydrogen) atoms. The van der Waals surface area contributed by atoms with Crippen LogP contribution in [-0.4, -0.2) is 75.5 Å². The van der Waals surface area contributed by atoms with Crippen LogP contribution < -0.4 is 0 Å². The van der Waals surface area contributed by atoms with Crippen molar-refractivity contribution in [3.05, 3.63) is 0 Å². The summed E-state index contributed by atoms with van der Waals surface area (Å²) >= 11 is 0.750. The molecule has 0 aliphatic carbocycles. The highest BCUT2D eigenvalue weighted by Crippen LogP contribution is 2.26. The quantitative estimate of drug-likeness (QED) is 0.291. The molecule has 4 radical (unpaired) electrons. The summed E-state index contributed by atoms with van der Waals surface area (Å²) in [6.07, 6.45) is 0. The van der Waals surface area contributed by atoms with Crippen LogP contribution in [0.1, 0.15) is 0 Å². The van der Waals surface area contributed by atoms with Gasteiger partial charge in [0.05, 0.1) is 0 Å². The summed E-state index contributed by atoms with van der Waals surface area (Å²) in [4.78, 5) is 0. The van der Waals surface area contributed by atoms with Gasteiger partial charge in [-0.05, 0) is 0 Å². The molecule has 0 nitrogen and oxygen atoms in total. The molecule has 0 aliphatic heterocycles. The fourth-order valence-corrected chi connectivity index (χ4v) is 182. The van der Waals surface area contributed by atoms with Gasteiger partial charge in [-0.1, -0.05) is 118 Å². The topological polar surface area (TPSA) is 0 Å². The lowest BCUT2D eigenvalue weighted by Gasteiger charge is -2.44. The summed E-state index contributed by atoms with van der Waals surface area (Å²) in [5, 5.41) is 0. The Labute approximate surface area is 203 Å². The molecule has 0 atom stereocenters. The Balaban J connectivity index is -0.000000410. The third-order valence-electron chi connectivity index (χ3n) is 4.50. The molecule has 0 aromatic rings. The Morgan fingerprint density at radius 2 is 0.379 bits per heavy atom. The lowest BCUT2D eigenvalue weighted by molar-refractivity contribution is 1.77. The van der Waals surface area contributed by atoms with Crippen LogP contribution in [0.2, 0.25) is 129 Å². The monoisotopic (exact) mass is 551 g/mol. The molecule has 0 heterocycles. The van der Waals surface area contributed by atoms with Crippen molar-refractivity contribution >= 4 is 75.5 Å². The maximum Gasteiger partial charge on any atom is 0.0306 e. The highest BCUT2D eigenvalue weighted by Gasteiger charge is 2.47. The standard InChI is InChI=1S/2C9H27Si4.2CH3.Al/c2*1-11(2,3)10(12(4,5)6)13(7,8)9;;;/h2*1-9H3;2*1H3;/q;;;;-1. The molecule has 0 N–H and O–H groups in total. The van der Waals surface area contributed by atoms with E-state index < -0.39 is 45.5 Å². The van der Waals surface area contributed by atoms with Crippen LogP contribution in [0, 0.1) is 0 Å². The zero-order chi connectivity index (χ0) is 24.9. The molecule has 9 heteroatoms. The van der Waals surface area contributed by atoms with Gasteiger partial charge < -0.3 is 0 Å². The maximum absolute atomic E-state index is 2.61. The second kappa shape index (κ2) is 12.7. The van der Waals surface area contributed by atoms with Gasteiger partial charge in [0.25, 0.3) is 0 Å². The van der Waals surface area contributed by atoms with Crippen molar-refractivity contribution in [3.8, 4) is 0 Å². The minimum Gasteiger partial charge on any atom is -0.271 e. The number of rotatable bonds is 6. The van der Waals surface area contributed by atoms with Gasteiger partial charge in [0, 0.05) is 60.2 Å². The summed E-state index contributed by atoms with van der Waals surface area (Å²) in [7, 11) is -4.94. The van der Waals surface area contributed by atoms with Gasteiger partial charge in [-0.25, -0.2) is 0 Å². The Morgan fingerprint density at radius 1 is 0.310 bits per heavy atom. The van der Waals surface area contributed by atoms with E-state index in [4.69, 9.17) is 0 Å². The smallest absolute Gasteiger partial charge is 0.0306 e. The Hall–Kier alpha value is 2.27. The predicted molar refractivity (Wildman–Crippen MR) is 169 cm³/mol. The molecule has 0 aromatic heterocycles. The fourth-order valence-electron chi connectivity index (χ4n) is 6.75. The second-order valence-corrected chi connectivity index (χ2v) is 89.5. The van der Waals surface area contributed by atoms with E-state index in [1.807, 2.05) is 0 Å². The van der Waals surface area contributed by atoms with Crippen LogP contribution >= 0.6 is 0 Å². The average molecular weight is 552 g/mol. The minimum atomic E-state index is -0.832. The molecule has 0 aliphatic rings. The Morgan fingerprint density at radius 3 is 0.379 bits per heavy atom. The molecular weight excluding hydrogens is 492 g/mol. The molecule has 0 aromatic carbocycles. The molecule has 0 amide bonds. The SMILES string of the molecule is C[Si](C)(C)[Si]([Si](C)(C)C)[Si](C)(C)C.C[Si](C)(C)[Si]([Si](C)(C)C)[Si](C)(C)C.[CH3][Al-][CH3]. The van der Waals surface area contributed by atoms with Crippen LogP contribution in [0.4, 0.5) is 0 Å². The van der Waals surface area contributed by atoms with Gasteiger partial charge >= 0.3 is 0 Å². The zero-order valence-electron chi connectivity index (χ0n) is 24.6. The van der Waals surface area contributed by atoms with Gasteiger partial charge in [-0.3, -0.25) is 26.8 Å². The van der Waals surface area contributed by atoms with E-state index in [9.17, 15) is 0 Å². The van der Waals surface area contributed by atoms with Crippen molar-refractivity contribution in [2.45, 2.75) is 129 Å². The lowest BCUT2D eigenvalue weighted by atomic mass is 11.8. The van der Waals surface area contributed by atoms with Crippen molar-refractivity contribution in [3.63, 3.8) is 0 Å². The van der Waals surface area contributed by atoms with E-state index in [1.54, 1.807) is 0 Å². The van der Waals surface area contributed by atoms with E-state index in [0.29, 0.717) is 0 Å². The van der Waals surface area contributed by atoms with E-state index in [-0.39, 0.29) is 14.7 Å².